The van der Waals surface area contributed by atoms with E-state index in [0.29, 0.717) is 10.7 Å². The van der Waals surface area contributed by atoms with Crippen LogP contribution < -0.4 is 5.32 Å². The number of hydrogen-bond acceptors (Lipinski definition) is 2. The van der Waals surface area contributed by atoms with Crippen molar-refractivity contribution in [3.63, 3.8) is 0 Å². The molecular formula is C16H14ClFN2. The van der Waals surface area contributed by atoms with Crippen molar-refractivity contribution >= 4 is 17.3 Å². The lowest BCUT2D eigenvalue weighted by molar-refractivity contribution is 0.627. The van der Waals surface area contributed by atoms with E-state index in [-0.39, 0.29) is 5.82 Å². The third kappa shape index (κ3) is 3.28. The number of hydrogen-bond donors (Lipinski definition) is 1. The van der Waals surface area contributed by atoms with Crippen molar-refractivity contribution in [3.8, 4) is 6.07 Å². The summed E-state index contributed by atoms with van der Waals surface area (Å²) in [5, 5.41) is 12.9. The maximum absolute atomic E-state index is 13.4. The summed E-state index contributed by atoms with van der Waals surface area (Å²) in [6.07, 6.45) is 0. The topological polar surface area (TPSA) is 35.8 Å². The molecule has 0 radical (unpaired) electrons. The van der Waals surface area contributed by atoms with Gasteiger partial charge >= 0.3 is 0 Å². The number of nitrogens with one attached hydrogen (secondary N) is 1. The van der Waals surface area contributed by atoms with Crippen LogP contribution in [0.2, 0.25) is 5.02 Å². The number of aryl methyl sites for hydroxylation is 2. The summed E-state index contributed by atoms with van der Waals surface area (Å²) in [5.41, 5.74) is 3.08. The van der Waals surface area contributed by atoms with E-state index in [1.54, 1.807) is 19.1 Å². The van der Waals surface area contributed by atoms with Crippen molar-refractivity contribution < 1.29 is 4.39 Å². The molecule has 0 saturated heterocycles. The molecule has 102 valence electrons. The molecule has 0 fully saturated rings. The Morgan fingerprint density at radius 2 is 1.95 bits per heavy atom. The zero-order chi connectivity index (χ0) is 14.7. The van der Waals surface area contributed by atoms with Gasteiger partial charge in [-0.25, -0.2) is 4.39 Å². The maximum atomic E-state index is 13.4. The van der Waals surface area contributed by atoms with Crippen molar-refractivity contribution in [2.75, 3.05) is 5.32 Å². The second-order valence-electron chi connectivity index (χ2n) is 4.73. The first-order valence-electron chi connectivity index (χ1n) is 6.19. The number of anilines is 1. The highest BCUT2D eigenvalue weighted by Crippen LogP contribution is 2.25. The summed E-state index contributed by atoms with van der Waals surface area (Å²) in [6.45, 7) is 3.70. The van der Waals surface area contributed by atoms with Gasteiger partial charge in [-0.1, -0.05) is 23.7 Å². The van der Waals surface area contributed by atoms with Crippen LogP contribution in [0.1, 0.15) is 22.7 Å². The SMILES string of the molecule is Cc1cc(F)cc(NC(C#N)c2ccc(C)c(Cl)c2)c1. The molecule has 0 heterocycles. The van der Waals surface area contributed by atoms with E-state index in [9.17, 15) is 9.65 Å². The Kier molecular flexibility index (Phi) is 4.26. The standard InChI is InChI=1S/C16H14ClFN2/c1-10-5-13(18)8-14(6-10)20-16(9-19)12-4-3-11(2)15(17)7-12/h3-8,16,20H,1-2H3. The summed E-state index contributed by atoms with van der Waals surface area (Å²) >= 11 is 6.07. The third-order valence-electron chi connectivity index (χ3n) is 3.01. The molecule has 0 spiro atoms. The molecule has 0 amide bonds. The monoisotopic (exact) mass is 288 g/mol. The van der Waals surface area contributed by atoms with E-state index in [4.69, 9.17) is 11.6 Å². The van der Waals surface area contributed by atoms with Gasteiger partial charge in [0.25, 0.3) is 0 Å². The minimum absolute atomic E-state index is 0.328. The van der Waals surface area contributed by atoms with Crippen LogP contribution in [0.25, 0.3) is 0 Å². The minimum atomic E-state index is -0.575. The van der Waals surface area contributed by atoms with Gasteiger partial charge in [0, 0.05) is 10.7 Å². The van der Waals surface area contributed by atoms with Crippen LogP contribution in [0.4, 0.5) is 10.1 Å². The average molecular weight is 289 g/mol. The highest BCUT2D eigenvalue weighted by atomic mass is 35.5. The lowest BCUT2D eigenvalue weighted by atomic mass is 10.1. The highest BCUT2D eigenvalue weighted by Gasteiger charge is 2.12. The Balaban J connectivity index is 2.29. The van der Waals surface area contributed by atoms with Gasteiger partial charge in [-0.05, 0) is 54.8 Å². The van der Waals surface area contributed by atoms with Crippen molar-refractivity contribution in [2.24, 2.45) is 0 Å². The molecule has 2 aromatic rings. The highest BCUT2D eigenvalue weighted by molar-refractivity contribution is 6.31. The molecule has 20 heavy (non-hydrogen) atoms. The predicted octanol–water partition coefficient (Wildman–Crippen LogP) is 4.77. The zero-order valence-electron chi connectivity index (χ0n) is 11.2. The van der Waals surface area contributed by atoms with E-state index >= 15 is 0 Å². The fraction of sp³-hybridized carbons (Fsp3) is 0.188. The van der Waals surface area contributed by atoms with E-state index in [1.807, 2.05) is 19.1 Å². The Bertz CT molecular complexity index is 656. The van der Waals surface area contributed by atoms with Gasteiger partial charge in [-0.2, -0.15) is 5.26 Å². The third-order valence-corrected chi connectivity index (χ3v) is 3.42. The molecule has 2 nitrogen and oxygen atoms in total. The average Bonchev–Trinajstić information content (AvgIpc) is 2.38. The van der Waals surface area contributed by atoms with Crippen LogP contribution in [0.15, 0.2) is 36.4 Å². The molecule has 1 unspecified atom stereocenters. The molecule has 0 aliphatic rings. The summed E-state index contributed by atoms with van der Waals surface area (Å²) in [4.78, 5) is 0. The Morgan fingerprint density at radius 3 is 2.55 bits per heavy atom. The van der Waals surface area contributed by atoms with Gasteiger partial charge in [-0.15, -0.1) is 0 Å². The molecule has 0 aliphatic heterocycles. The molecule has 2 aromatic carbocycles. The van der Waals surface area contributed by atoms with E-state index < -0.39 is 6.04 Å². The second-order valence-corrected chi connectivity index (χ2v) is 5.14. The molecule has 2 rings (SSSR count). The van der Waals surface area contributed by atoms with Crippen LogP contribution in [-0.2, 0) is 0 Å². The number of nitriles is 1. The predicted molar refractivity (Wildman–Crippen MR) is 79.3 cm³/mol. The lowest BCUT2D eigenvalue weighted by Crippen LogP contribution is -2.09. The fourth-order valence-electron chi connectivity index (χ4n) is 1.97. The minimum Gasteiger partial charge on any atom is -0.366 e. The molecule has 4 heteroatoms. The fourth-order valence-corrected chi connectivity index (χ4v) is 2.15. The Morgan fingerprint density at radius 1 is 1.20 bits per heavy atom. The summed E-state index contributed by atoms with van der Waals surface area (Å²) < 4.78 is 13.4. The molecule has 0 bridgehead atoms. The first-order valence-corrected chi connectivity index (χ1v) is 6.57. The molecule has 0 aliphatic carbocycles. The molecule has 0 aromatic heterocycles. The smallest absolute Gasteiger partial charge is 0.140 e. The number of nitrogens with zero attached hydrogens (tertiary/aromatic N) is 1. The molecule has 1 atom stereocenters. The summed E-state index contributed by atoms with van der Waals surface area (Å²) in [6, 6.07) is 11.6. The maximum Gasteiger partial charge on any atom is 0.140 e. The van der Waals surface area contributed by atoms with E-state index in [0.717, 1.165) is 16.7 Å². The number of benzene rings is 2. The zero-order valence-corrected chi connectivity index (χ0v) is 12.0. The summed E-state index contributed by atoms with van der Waals surface area (Å²) in [7, 11) is 0. The van der Waals surface area contributed by atoms with Crippen LogP contribution >= 0.6 is 11.6 Å². The normalized spacial score (nSPS) is 11.8. The van der Waals surface area contributed by atoms with Gasteiger partial charge in [0.1, 0.15) is 11.9 Å². The summed E-state index contributed by atoms with van der Waals surface area (Å²) in [5.74, 6) is -0.328. The van der Waals surface area contributed by atoms with Crippen molar-refractivity contribution in [3.05, 3.63) is 63.9 Å². The molecule has 1 N–H and O–H groups in total. The van der Waals surface area contributed by atoms with Crippen LogP contribution in [0.5, 0.6) is 0 Å². The van der Waals surface area contributed by atoms with Crippen molar-refractivity contribution in [2.45, 2.75) is 19.9 Å². The van der Waals surface area contributed by atoms with Crippen molar-refractivity contribution in [1.82, 2.24) is 0 Å². The molecule has 0 saturated carbocycles. The number of rotatable bonds is 3. The molecular weight excluding hydrogens is 275 g/mol. The lowest BCUT2D eigenvalue weighted by Gasteiger charge is -2.15. The van der Waals surface area contributed by atoms with Gasteiger partial charge in [0.2, 0.25) is 0 Å². The largest absolute Gasteiger partial charge is 0.366 e. The van der Waals surface area contributed by atoms with Crippen LogP contribution in [0.3, 0.4) is 0 Å². The Hall–Kier alpha value is -2.05. The van der Waals surface area contributed by atoms with Gasteiger partial charge in [-0.3, -0.25) is 0 Å². The first-order chi connectivity index (χ1) is 9.49. The van der Waals surface area contributed by atoms with Gasteiger partial charge in [0.05, 0.1) is 6.07 Å². The van der Waals surface area contributed by atoms with E-state index in [1.165, 1.54) is 12.1 Å². The second kappa shape index (κ2) is 5.94. The van der Waals surface area contributed by atoms with Gasteiger partial charge < -0.3 is 5.32 Å². The Labute approximate surface area is 122 Å². The first kappa shape index (κ1) is 14.4. The van der Waals surface area contributed by atoms with Crippen LogP contribution in [0, 0.1) is 31.0 Å². The van der Waals surface area contributed by atoms with Gasteiger partial charge in [0.15, 0.2) is 0 Å². The van der Waals surface area contributed by atoms with Crippen LogP contribution in [-0.4, -0.2) is 0 Å². The quantitative estimate of drug-likeness (QED) is 0.883. The van der Waals surface area contributed by atoms with Crippen molar-refractivity contribution in [1.29, 1.82) is 5.26 Å². The van der Waals surface area contributed by atoms with E-state index in [2.05, 4.69) is 11.4 Å². The number of halogens is 2.